The lowest BCUT2D eigenvalue weighted by atomic mass is 9.93. The highest BCUT2D eigenvalue weighted by molar-refractivity contribution is 7.17. The molecule has 1 fully saturated rings. The van der Waals surface area contributed by atoms with E-state index in [0.717, 1.165) is 11.3 Å². The fourth-order valence-corrected chi connectivity index (χ4v) is 5.32. The van der Waals surface area contributed by atoms with Crippen molar-refractivity contribution < 1.29 is 38.4 Å². The molecule has 11 heteroatoms. The summed E-state index contributed by atoms with van der Waals surface area (Å²) in [5.41, 5.74) is 1.58. The zero-order valence-corrected chi connectivity index (χ0v) is 22.5. The second-order valence-electron chi connectivity index (χ2n) is 8.36. The Labute approximate surface area is 223 Å². The molecule has 4 rings (SSSR count). The molecule has 1 saturated heterocycles. The van der Waals surface area contributed by atoms with Gasteiger partial charge in [0, 0.05) is 17.2 Å². The molecule has 0 aliphatic carbocycles. The van der Waals surface area contributed by atoms with Crippen molar-refractivity contribution in [3.63, 3.8) is 0 Å². The summed E-state index contributed by atoms with van der Waals surface area (Å²) < 4.78 is 21.0. The van der Waals surface area contributed by atoms with Gasteiger partial charge in [0.15, 0.2) is 5.13 Å². The molecule has 1 aromatic heterocycles. The van der Waals surface area contributed by atoms with Gasteiger partial charge in [-0.1, -0.05) is 11.3 Å². The molecule has 0 bridgehead atoms. The van der Waals surface area contributed by atoms with E-state index < -0.39 is 23.7 Å². The first-order valence-electron chi connectivity index (χ1n) is 11.4. The molecular formula is C27H26N2O8S. The topological polar surface area (TPSA) is 124 Å². The second kappa shape index (κ2) is 10.5. The third kappa shape index (κ3) is 4.45. The van der Waals surface area contributed by atoms with Gasteiger partial charge in [0.25, 0.3) is 5.78 Å². The number of carbonyl (C=O) groups is 3. The van der Waals surface area contributed by atoms with Crippen LogP contribution in [0.4, 0.5) is 5.13 Å². The molecule has 198 valence electrons. The Kier molecular flexibility index (Phi) is 7.40. The molecule has 0 unspecified atom stereocenters. The van der Waals surface area contributed by atoms with E-state index >= 15 is 0 Å². The largest absolute Gasteiger partial charge is 0.507 e. The predicted molar refractivity (Wildman–Crippen MR) is 140 cm³/mol. The van der Waals surface area contributed by atoms with E-state index in [-0.39, 0.29) is 21.3 Å². The molecule has 1 N–H and O–H groups in total. The minimum absolute atomic E-state index is 0.0957. The monoisotopic (exact) mass is 538 g/mol. The van der Waals surface area contributed by atoms with Crippen molar-refractivity contribution in [1.29, 1.82) is 0 Å². The van der Waals surface area contributed by atoms with Crippen LogP contribution in [0, 0.1) is 13.8 Å². The summed E-state index contributed by atoms with van der Waals surface area (Å²) in [7, 11) is 5.71. The Morgan fingerprint density at radius 1 is 0.974 bits per heavy atom. The van der Waals surface area contributed by atoms with Gasteiger partial charge < -0.3 is 24.1 Å². The normalized spacial score (nSPS) is 16.5. The molecule has 0 saturated carbocycles. The number of rotatable bonds is 7. The van der Waals surface area contributed by atoms with Gasteiger partial charge in [-0.3, -0.25) is 14.5 Å². The number of esters is 1. The van der Waals surface area contributed by atoms with E-state index in [0.29, 0.717) is 39.6 Å². The average Bonchev–Trinajstić information content (AvgIpc) is 3.43. The van der Waals surface area contributed by atoms with Crippen molar-refractivity contribution >= 4 is 39.9 Å². The number of aliphatic hydroxyl groups is 1. The van der Waals surface area contributed by atoms with Crippen LogP contribution in [0.15, 0.2) is 42.0 Å². The summed E-state index contributed by atoms with van der Waals surface area (Å²) in [5, 5.41) is 11.6. The first-order chi connectivity index (χ1) is 18.2. The van der Waals surface area contributed by atoms with E-state index in [1.165, 1.54) is 33.3 Å². The average molecular weight is 539 g/mol. The molecule has 1 atom stereocenters. The number of benzene rings is 2. The Morgan fingerprint density at radius 3 is 2.24 bits per heavy atom. The van der Waals surface area contributed by atoms with Crippen molar-refractivity contribution in [3.05, 3.63) is 69.2 Å². The number of anilines is 1. The SMILES string of the molecule is COC(=O)c1sc(N2C(=O)C(=O)C(=C(O)c3ccc(OC)cc3C)[C@H]2c2ccc(OC)cc2OC)nc1C. The molecule has 2 aromatic carbocycles. The number of hydrogen-bond acceptors (Lipinski definition) is 10. The number of hydrogen-bond donors (Lipinski definition) is 1. The summed E-state index contributed by atoms with van der Waals surface area (Å²) in [6, 6.07) is 8.77. The number of ketones is 1. The predicted octanol–water partition coefficient (Wildman–Crippen LogP) is 4.20. The van der Waals surface area contributed by atoms with Crippen molar-refractivity contribution in [2.24, 2.45) is 0 Å². The first-order valence-corrected chi connectivity index (χ1v) is 12.2. The van der Waals surface area contributed by atoms with E-state index in [1.807, 2.05) is 0 Å². The van der Waals surface area contributed by atoms with Gasteiger partial charge >= 0.3 is 11.9 Å². The molecular weight excluding hydrogens is 512 g/mol. The highest BCUT2D eigenvalue weighted by atomic mass is 32.1. The molecule has 10 nitrogen and oxygen atoms in total. The number of aliphatic hydroxyl groups excluding tert-OH is 1. The van der Waals surface area contributed by atoms with Crippen LogP contribution in [0.2, 0.25) is 0 Å². The van der Waals surface area contributed by atoms with Crippen molar-refractivity contribution in [1.82, 2.24) is 4.98 Å². The quantitative estimate of drug-likeness (QED) is 0.204. The van der Waals surface area contributed by atoms with Crippen molar-refractivity contribution in [2.75, 3.05) is 33.3 Å². The summed E-state index contributed by atoms with van der Waals surface area (Å²) >= 11 is 0.913. The zero-order valence-electron chi connectivity index (χ0n) is 21.6. The molecule has 1 aliphatic rings. The highest BCUT2D eigenvalue weighted by Gasteiger charge is 2.49. The number of aryl methyl sites for hydroxylation is 2. The Morgan fingerprint density at radius 2 is 1.63 bits per heavy atom. The van der Waals surface area contributed by atoms with Crippen LogP contribution in [0.5, 0.6) is 17.2 Å². The Bertz CT molecular complexity index is 1480. The summed E-state index contributed by atoms with van der Waals surface area (Å²) in [6.07, 6.45) is 0. The lowest BCUT2D eigenvalue weighted by molar-refractivity contribution is -0.132. The number of amides is 1. The lowest BCUT2D eigenvalue weighted by Gasteiger charge is -2.25. The number of Topliss-reactive ketones (excluding diaryl/α,β-unsaturated/α-hetero) is 1. The van der Waals surface area contributed by atoms with Crippen LogP contribution in [0.3, 0.4) is 0 Å². The molecule has 1 amide bonds. The molecule has 2 heterocycles. The third-order valence-corrected chi connectivity index (χ3v) is 7.37. The standard InChI is InChI=1S/C27H26N2O8S/c1-13-11-15(34-3)7-9-17(13)22(30)20-21(18-10-8-16(35-4)12-19(18)36-5)29(25(32)23(20)31)27-28-14(2)24(38-27)26(33)37-6/h7-12,21,30H,1-6H3/t21-/m1/s1. The number of nitrogens with zero attached hydrogens (tertiary/aromatic N) is 2. The molecule has 3 aromatic rings. The van der Waals surface area contributed by atoms with E-state index in [2.05, 4.69) is 4.98 Å². The fourth-order valence-electron chi connectivity index (χ4n) is 4.31. The van der Waals surface area contributed by atoms with E-state index in [9.17, 15) is 19.5 Å². The van der Waals surface area contributed by atoms with Gasteiger partial charge in [-0.25, -0.2) is 9.78 Å². The molecule has 0 radical (unpaired) electrons. The maximum Gasteiger partial charge on any atom is 0.350 e. The van der Waals surface area contributed by atoms with Gasteiger partial charge in [-0.15, -0.1) is 0 Å². The van der Waals surface area contributed by atoms with Gasteiger partial charge in [-0.05, 0) is 49.7 Å². The van der Waals surface area contributed by atoms with E-state index in [4.69, 9.17) is 18.9 Å². The van der Waals surface area contributed by atoms with Gasteiger partial charge in [-0.2, -0.15) is 0 Å². The molecule has 0 spiro atoms. The van der Waals surface area contributed by atoms with E-state index in [1.54, 1.807) is 50.2 Å². The fraction of sp³-hybridized carbons (Fsp3) is 0.259. The zero-order chi connectivity index (χ0) is 27.7. The van der Waals surface area contributed by atoms with Gasteiger partial charge in [0.05, 0.1) is 39.7 Å². The van der Waals surface area contributed by atoms with Crippen LogP contribution >= 0.6 is 11.3 Å². The maximum atomic E-state index is 13.5. The van der Waals surface area contributed by atoms with Crippen molar-refractivity contribution in [2.45, 2.75) is 19.9 Å². The van der Waals surface area contributed by atoms with Crippen LogP contribution < -0.4 is 19.1 Å². The van der Waals surface area contributed by atoms with Crippen LogP contribution in [0.25, 0.3) is 5.76 Å². The van der Waals surface area contributed by atoms with Gasteiger partial charge in [0.1, 0.15) is 33.9 Å². The van der Waals surface area contributed by atoms with Crippen LogP contribution in [-0.4, -0.2) is 56.2 Å². The number of ether oxygens (including phenoxy) is 4. The second-order valence-corrected chi connectivity index (χ2v) is 9.34. The number of thiazole rings is 1. The van der Waals surface area contributed by atoms with Crippen LogP contribution in [0.1, 0.15) is 38.1 Å². The number of aromatic nitrogens is 1. The molecule has 1 aliphatic heterocycles. The van der Waals surface area contributed by atoms with Gasteiger partial charge in [0.2, 0.25) is 0 Å². The smallest absolute Gasteiger partial charge is 0.350 e. The summed E-state index contributed by atoms with van der Waals surface area (Å²) in [4.78, 5) is 45.0. The minimum atomic E-state index is -1.12. The third-order valence-electron chi connectivity index (χ3n) is 6.23. The minimum Gasteiger partial charge on any atom is -0.507 e. The number of carbonyl (C=O) groups excluding carboxylic acids is 3. The Balaban J connectivity index is 2.00. The Hall–Kier alpha value is -4.38. The lowest BCUT2D eigenvalue weighted by Crippen LogP contribution is -2.29. The number of methoxy groups -OCH3 is 4. The summed E-state index contributed by atoms with van der Waals surface area (Å²) in [5.74, 6) is -1.42. The molecule has 38 heavy (non-hydrogen) atoms. The highest BCUT2D eigenvalue weighted by Crippen LogP contribution is 2.47. The summed E-state index contributed by atoms with van der Waals surface area (Å²) in [6.45, 7) is 3.36. The van der Waals surface area contributed by atoms with Crippen LogP contribution in [-0.2, 0) is 14.3 Å². The first kappa shape index (κ1) is 26.7. The maximum absolute atomic E-state index is 13.5. The van der Waals surface area contributed by atoms with Crippen molar-refractivity contribution in [3.8, 4) is 17.2 Å².